The third-order valence-electron chi connectivity index (χ3n) is 2.77. The first kappa shape index (κ1) is 17.1. The van der Waals surface area contributed by atoms with E-state index in [-0.39, 0.29) is 11.5 Å². The van der Waals surface area contributed by atoms with Crippen LogP contribution in [0.2, 0.25) is 0 Å². The average Bonchev–Trinajstić information content (AvgIpc) is 2.33. The van der Waals surface area contributed by atoms with Gasteiger partial charge in [0, 0.05) is 0 Å². The lowest BCUT2D eigenvalue weighted by molar-refractivity contribution is 0.0677. The number of rotatable bonds is 8. The average molecular weight is 304 g/mol. The van der Waals surface area contributed by atoms with Gasteiger partial charge in [-0.2, -0.15) is 8.42 Å². The van der Waals surface area contributed by atoms with Crippen molar-refractivity contribution in [2.75, 3.05) is 6.61 Å². The predicted octanol–water partition coefficient (Wildman–Crippen LogP) is 2.86. The van der Waals surface area contributed by atoms with Crippen molar-refractivity contribution in [1.29, 1.82) is 0 Å². The zero-order chi connectivity index (χ0) is 15.2. The lowest BCUT2D eigenvalue weighted by Gasteiger charge is -2.16. The number of aliphatic hydroxyl groups is 1. The highest BCUT2D eigenvalue weighted by Gasteiger charge is 2.15. The van der Waals surface area contributed by atoms with Gasteiger partial charge in [-0.1, -0.05) is 12.8 Å². The molecule has 0 aliphatic heterocycles. The third-order valence-corrected chi connectivity index (χ3v) is 4.10. The molecule has 0 fully saturated rings. The summed E-state index contributed by atoms with van der Waals surface area (Å²) in [5.41, 5.74) is -0.693. The van der Waals surface area contributed by atoms with E-state index in [0.29, 0.717) is 12.8 Å². The zero-order valence-electron chi connectivity index (χ0n) is 11.8. The predicted molar refractivity (Wildman–Crippen MR) is 74.3 cm³/mol. The summed E-state index contributed by atoms with van der Waals surface area (Å²) < 4.78 is 41.1. The molecule has 1 aromatic carbocycles. The number of unbranched alkanes of at least 4 members (excludes halogenated alkanes) is 2. The molecule has 0 atom stereocenters. The van der Waals surface area contributed by atoms with Crippen molar-refractivity contribution in [2.24, 2.45) is 0 Å². The van der Waals surface area contributed by atoms with Gasteiger partial charge in [-0.25, -0.2) is 4.39 Å². The molecule has 0 unspecified atom stereocenters. The zero-order valence-corrected chi connectivity index (χ0v) is 12.6. The van der Waals surface area contributed by atoms with E-state index >= 15 is 0 Å². The molecular weight excluding hydrogens is 283 g/mol. The Hall–Kier alpha value is -0.980. The van der Waals surface area contributed by atoms with Gasteiger partial charge in [-0.3, -0.25) is 4.18 Å². The van der Waals surface area contributed by atoms with Crippen LogP contribution in [-0.4, -0.2) is 25.7 Å². The Bertz CT molecular complexity index is 503. The Morgan fingerprint density at radius 3 is 2.30 bits per heavy atom. The minimum atomic E-state index is -3.81. The molecule has 0 bridgehead atoms. The number of hydrogen-bond donors (Lipinski definition) is 1. The van der Waals surface area contributed by atoms with Crippen molar-refractivity contribution in [3.05, 3.63) is 30.1 Å². The molecule has 0 aliphatic carbocycles. The molecule has 114 valence electrons. The van der Waals surface area contributed by atoms with E-state index in [1.807, 2.05) is 0 Å². The summed E-state index contributed by atoms with van der Waals surface area (Å²) in [6.07, 6.45) is 2.85. The van der Waals surface area contributed by atoms with Crippen molar-refractivity contribution in [1.82, 2.24) is 0 Å². The van der Waals surface area contributed by atoms with Crippen LogP contribution in [0.4, 0.5) is 4.39 Å². The van der Waals surface area contributed by atoms with Gasteiger partial charge in [0.15, 0.2) is 0 Å². The smallest absolute Gasteiger partial charge is 0.296 e. The molecule has 0 saturated heterocycles. The van der Waals surface area contributed by atoms with E-state index in [1.54, 1.807) is 13.8 Å². The fourth-order valence-electron chi connectivity index (χ4n) is 1.67. The molecule has 6 heteroatoms. The molecule has 1 N–H and O–H groups in total. The summed E-state index contributed by atoms with van der Waals surface area (Å²) in [4.78, 5) is -0.0459. The maximum absolute atomic E-state index is 12.7. The maximum atomic E-state index is 12.7. The first-order chi connectivity index (χ1) is 9.21. The summed E-state index contributed by atoms with van der Waals surface area (Å²) in [5, 5.41) is 9.52. The van der Waals surface area contributed by atoms with E-state index in [4.69, 9.17) is 4.18 Å². The second kappa shape index (κ2) is 7.15. The first-order valence-electron chi connectivity index (χ1n) is 6.58. The summed E-state index contributed by atoms with van der Waals surface area (Å²) in [6.45, 7) is 3.57. The lowest BCUT2D eigenvalue weighted by atomic mass is 10.0. The van der Waals surface area contributed by atoms with Gasteiger partial charge < -0.3 is 5.11 Å². The van der Waals surface area contributed by atoms with Crippen molar-refractivity contribution < 1.29 is 22.1 Å². The molecule has 0 spiro atoms. The Morgan fingerprint density at radius 1 is 1.15 bits per heavy atom. The van der Waals surface area contributed by atoms with Crippen molar-refractivity contribution in [3.8, 4) is 0 Å². The second-order valence-electron chi connectivity index (χ2n) is 5.35. The molecule has 0 radical (unpaired) electrons. The monoisotopic (exact) mass is 304 g/mol. The Labute approximate surface area is 119 Å². The summed E-state index contributed by atoms with van der Waals surface area (Å²) in [5.74, 6) is -0.490. The fraction of sp³-hybridized carbons (Fsp3) is 0.571. The minimum Gasteiger partial charge on any atom is -0.390 e. The molecule has 1 aromatic rings. The largest absolute Gasteiger partial charge is 0.390 e. The molecular formula is C14H21FO4S. The van der Waals surface area contributed by atoms with Crippen LogP contribution in [0.15, 0.2) is 29.2 Å². The highest BCUT2D eigenvalue weighted by Crippen LogP contribution is 2.15. The van der Waals surface area contributed by atoms with E-state index in [9.17, 15) is 17.9 Å². The Balaban J connectivity index is 2.32. The minimum absolute atomic E-state index is 0.0459. The van der Waals surface area contributed by atoms with Crippen molar-refractivity contribution in [3.63, 3.8) is 0 Å². The van der Waals surface area contributed by atoms with Gasteiger partial charge in [0.1, 0.15) is 5.82 Å². The summed E-state index contributed by atoms with van der Waals surface area (Å²) in [6, 6.07) is 4.52. The van der Waals surface area contributed by atoms with E-state index in [0.717, 1.165) is 25.0 Å². The van der Waals surface area contributed by atoms with Crippen LogP contribution in [0.1, 0.15) is 39.5 Å². The lowest BCUT2D eigenvalue weighted by Crippen LogP contribution is -2.17. The molecule has 4 nitrogen and oxygen atoms in total. The fourth-order valence-corrected chi connectivity index (χ4v) is 2.62. The van der Waals surface area contributed by atoms with Crippen LogP contribution < -0.4 is 0 Å². The Kier molecular flexibility index (Phi) is 6.10. The van der Waals surface area contributed by atoms with Crippen LogP contribution in [0.5, 0.6) is 0 Å². The summed E-state index contributed by atoms with van der Waals surface area (Å²) in [7, 11) is -3.81. The maximum Gasteiger partial charge on any atom is 0.296 e. The van der Waals surface area contributed by atoms with Gasteiger partial charge in [-0.05, 0) is 51.0 Å². The van der Waals surface area contributed by atoms with Gasteiger partial charge in [0.2, 0.25) is 0 Å². The Morgan fingerprint density at radius 2 is 1.75 bits per heavy atom. The van der Waals surface area contributed by atoms with E-state index < -0.39 is 21.5 Å². The van der Waals surface area contributed by atoms with Crippen LogP contribution in [-0.2, 0) is 14.3 Å². The normalized spacial score (nSPS) is 12.6. The van der Waals surface area contributed by atoms with Gasteiger partial charge >= 0.3 is 0 Å². The number of benzene rings is 1. The molecule has 0 heterocycles. The highest BCUT2D eigenvalue weighted by molar-refractivity contribution is 7.86. The topological polar surface area (TPSA) is 63.6 Å². The van der Waals surface area contributed by atoms with Crippen LogP contribution in [0.3, 0.4) is 0 Å². The van der Waals surface area contributed by atoms with Crippen molar-refractivity contribution in [2.45, 2.75) is 50.0 Å². The highest BCUT2D eigenvalue weighted by atomic mass is 32.2. The van der Waals surface area contributed by atoms with Crippen LogP contribution in [0.25, 0.3) is 0 Å². The second-order valence-corrected chi connectivity index (χ2v) is 6.97. The van der Waals surface area contributed by atoms with Gasteiger partial charge in [-0.15, -0.1) is 0 Å². The van der Waals surface area contributed by atoms with Crippen LogP contribution >= 0.6 is 0 Å². The third kappa shape index (κ3) is 6.45. The van der Waals surface area contributed by atoms with Gasteiger partial charge in [0.05, 0.1) is 17.1 Å². The number of hydrogen-bond acceptors (Lipinski definition) is 4. The molecule has 20 heavy (non-hydrogen) atoms. The molecule has 0 saturated carbocycles. The van der Waals surface area contributed by atoms with E-state index in [2.05, 4.69) is 0 Å². The standard InChI is InChI=1S/C14H21FO4S/c1-14(2,16)10-4-3-5-11-19-20(17,18)13-8-6-12(15)7-9-13/h6-9,16H,3-5,10-11H2,1-2H3. The molecule has 0 aromatic heterocycles. The molecule has 0 amide bonds. The van der Waals surface area contributed by atoms with Gasteiger partial charge in [0.25, 0.3) is 10.1 Å². The molecule has 1 rings (SSSR count). The molecule has 0 aliphatic rings. The van der Waals surface area contributed by atoms with Crippen LogP contribution in [0, 0.1) is 5.82 Å². The quantitative estimate of drug-likeness (QED) is 0.592. The first-order valence-corrected chi connectivity index (χ1v) is 7.99. The van der Waals surface area contributed by atoms with E-state index in [1.165, 1.54) is 12.1 Å². The van der Waals surface area contributed by atoms with Crippen molar-refractivity contribution >= 4 is 10.1 Å². The number of halogens is 1. The summed E-state index contributed by atoms with van der Waals surface area (Å²) >= 11 is 0. The SMILES string of the molecule is CC(C)(O)CCCCCOS(=O)(=O)c1ccc(F)cc1.